The zero-order valence-electron chi connectivity index (χ0n) is 8.54. The number of hydrogen-bond acceptors (Lipinski definition) is 4. The highest BCUT2D eigenvalue weighted by Crippen LogP contribution is 2.19. The molecule has 5 nitrogen and oxygen atoms in total. The van der Waals surface area contributed by atoms with Gasteiger partial charge in [0.2, 0.25) is 0 Å². The highest BCUT2D eigenvalue weighted by atomic mass is 16.4. The van der Waals surface area contributed by atoms with E-state index in [0.717, 1.165) is 10.9 Å². The zero-order valence-corrected chi connectivity index (χ0v) is 8.54. The Bertz CT molecular complexity index is 509. The molecular weight excluding hydrogens is 209 g/mol. The fourth-order valence-electron chi connectivity index (χ4n) is 1.75. The molecule has 4 N–H and O–H groups in total. The van der Waals surface area contributed by atoms with Crippen molar-refractivity contribution < 1.29 is 20.3 Å². The number of benzene rings is 1. The average Bonchev–Trinajstić information content (AvgIpc) is 2.60. The summed E-state index contributed by atoms with van der Waals surface area (Å²) in [6, 6.07) is 4.76. The van der Waals surface area contributed by atoms with Gasteiger partial charge in [-0.3, -0.25) is 0 Å². The first-order valence-corrected chi connectivity index (χ1v) is 4.92. The van der Waals surface area contributed by atoms with E-state index in [4.69, 9.17) is 15.2 Å². The van der Waals surface area contributed by atoms with E-state index in [9.17, 15) is 5.11 Å². The van der Waals surface area contributed by atoms with Gasteiger partial charge in [0.25, 0.3) is 0 Å². The van der Waals surface area contributed by atoms with Crippen LogP contribution in [0.4, 0.5) is 0 Å². The van der Waals surface area contributed by atoms with Gasteiger partial charge < -0.3 is 24.8 Å². The summed E-state index contributed by atoms with van der Waals surface area (Å²) in [6.07, 6.45) is 1.77. The van der Waals surface area contributed by atoms with Gasteiger partial charge in [-0.15, -0.1) is 0 Å². The molecule has 0 aliphatic rings. The van der Waals surface area contributed by atoms with E-state index in [1.165, 1.54) is 12.1 Å². The molecule has 0 aliphatic carbocycles. The van der Waals surface area contributed by atoms with Crippen LogP contribution in [0.2, 0.25) is 0 Å². The number of aromatic nitrogens is 1. The smallest absolute Gasteiger partial charge is 0.492 e. The number of aliphatic hydroxyl groups is 1. The minimum atomic E-state index is -1.69. The first kappa shape index (κ1) is 11.0. The maximum absolute atomic E-state index is 9.59. The Labute approximate surface area is 92.3 Å². The second kappa shape index (κ2) is 4.17. The lowest BCUT2D eigenvalue weighted by Crippen LogP contribution is -2.29. The van der Waals surface area contributed by atoms with E-state index in [1.54, 1.807) is 16.8 Å². The zero-order chi connectivity index (χ0) is 11.7. The van der Waals surface area contributed by atoms with Crippen molar-refractivity contribution in [1.29, 1.82) is 0 Å². The molecule has 2 aromatic rings. The molecule has 0 amide bonds. The molecule has 0 fully saturated rings. The number of nitrogens with zero attached hydrogens (tertiary/aromatic N) is 1. The molecule has 84 valence electrons. The van der Waals surface area contributed by atoms with Gasteiger partial charge in [0.1, 0.15) is 5.75 Å². The molecule has 1 heterocycles. The lowest BCUT2D eigenvalue weighted by Gasteiger charge is -2.06. The van der Waals surface area contributed by atoms with Crippen LogP contribution < -0.4 is 5.46 Å². The van der Waals surface area contributed by atoms with Crippen molar-refractivity contribution in [3.63, 3.8) is 0 Å². The molecule has 0 spiro atoms. The van der Waals surface area contributed by atoms with Crippen molar-refractivity contribution in [3.8, 4) is 5.75 Å². The van der Waals surface area contributed by atoms with Crippen LogP contribution in [0.1, 0.15) is 0 Å². The largest absolute Gasteiger partial charge is 0.508 e. The molecule has 6 heteroatoms. The Balaban J connectivity index is 2.57. The summed E-state index contributed by atoms with van der Waals surface area (Å²) in [5.41, 5.74) is 0.824. The molecule has 2 rings (SSSR count). The Kier molecular flexibility index (Phi) is 2.87. The molecule has 0 aliphatic heterocycles. The van der Waals surface area contributed by atoms with E-state index < -0.39 is 7.12 Å². The van der Waals surface area contributed by atoms with E-state index in [2.05, 4.69) is 0 Å². The van der Waals surface area contributed by atoms with Crippen molar-refractivity contribution in [2.45, 2.75) is 6.54 Å². The van der Waals surface area contributed by atoms with Gasteiger partial charge in [-0.2, -0.15) is 0 Å². The predicted molar refractivity (Wildman–Crippen MR) is 60.5 cm³/mol. The number of aliphatic hydroxyl groups excluding tert-OH is 1. The monoisotopic (exact) mass is 221 g/mol. The van der Waals surface area contributed by atoms with Crippen molar-refractivity contribution in [2.24, 2.45) is 0 Å². The van der Waals surface area contributed by atoms with Gasteiger partial charge in [-0.1, -0.05) is 0 Å². The molecule has 1 aromatic heterocycles. The highest BCUT2D eigenvalue weighted by molar-refractivity contribution is 6.60. The summed E-state index contributed by atoms with van der Waals surface area (Å²) in [4.78, 5) is 0. The summed E-state index contributed by atoms with van der Waals surface area (Å²) in [5, 5.41) is 37.3. The fraction of sp³-hybridized carbons (Fsp3) is 0.200. The first-order chi connectivity index (χ1) is 7.63. The van der Waals surface area contributed by atoms with Crippen LogP contribution >= 0.6 is 0 Å². The third-order valence-corrected chi connectivity index (χ3v) is 2.54. The second-order valence-corrected chi connectivity index (χ2v) is 3.58. The van der Waals surface area contributed by atoms with Gasteiger partial charge in [-0.05, 0) is 17.5 Å². The number of fused-ring (bicyclic) bond motifs is 1. The Morgan fingerprint density at radius 3 is 2.62 bits per heavy atom. The molecular formula is C10H12BNO4. The Morgan fingerprint density at radius 2 is 2.00 bits per heavy atom. The van der Waals surface area contributed by atoms with E-state index in [0.29, 0.717) is 6.54 Å². The third-order valence-electron chi connectivity index (χ3n) is 2.54. The normalized spacial score (nSPS) is 10.9. The van der Waals surface area contributed by atoms with Gasteiger partial charge in [0.15, 0.2) is 0 Å². The van der Waals surface area contributed by atoms with Crippen molar-refractivity contribution in [2.75, 3.05) is 6.61 Å². The van der Waals surface area contributed by atoms with Crippen LogP contribution in [0.15, 0.2) is 24.4 Å². The predicted octanol–water partition coefficient (Wildman–Crippen LogP) is -0.981. The van der Waals surface area contributed by atoms with Crippen LogP contribution in [0, 0.1) is 0 Å². The molecule has 0 saturated heterocycles. The van der Waals surface area contributed by atoms with Crippen LogP contribution in [0.25, 0.3) is 10.9 Å². The molecule has 0 saturated carbocycles. The van der Waals surface area contributed by atoms with Crippen molar-refractivity contribution >= 4 is 23.5 Å². The lowest BCUT2D eigenvalue weighted by atomic mass is 9.79. The maximum Gasteiger partial charge on any atom is 0.492 e. The summed E-state index contributed by atoms with van der Waals surface area (Å²) in [6.45, 7) is 0.443. The molecule has 0 bridgehead atoms. The van der Waals surface area contributed by atoms with Crippen LogP contribution in [0.3, 0.4) is 0 Å². The summed E-state index contributed by atoms with van der Waals surface area (Å²) >= 11 is 0. The standard InChI is InChI=1S/C10H12BNO4/c13-4-3-12-2-1-7-5-8(11(15)16)10(14)6-9(7)12/h1-2,5-6,13-16H,3-4H2. The van der Waals surface area contributed by atoms with Crippen LogP contribution in [0.5, 0.6) is 5.75 Å². The molecule has 0 unspecified atom stereocenters. The third kappa shape index (κ3) is 1.78. The van der Waals surface area contributed by atoms with Crippen LogP contribution in [-0.2, 0) is 6.54 Å². The van der Waals surface area contributed by atoms with E-state index in [1.807, 2.05) is 0 Å². The maximum atomic E-state index is 9.59. The summed E-state index contributed by atoms with van der Waals surface area (Å²) in [7, 11) is -1.69. The molecule has 1 aromatic carbocycles. The topological polar surface area (TPSA) is 85.9 Å². The molecule has 0 atom stereocenters. The number of phenolic OH excluding ortho intramolecular Hbond substituents is 1. The van der Waals surface area contributed by atoms with Gasteiger partial charge in [0.05, 0.1) is 12.1 Å². The van der Waals surface area contributed by atoms with E-state index >= 15 is 0 Å². The number of hydrogen-bond donors (Lipinski definition) is 4. The fourth-order valence-corrected chi connectivity index (χ4v) is 1.75. The number of rotatable bonds is 3. The quantitative estimate of drug-likeness (QED) is 0.502. The summed E-state index contributed by atoms with van der Waals surface area (Å²) < 4.78 is 1.78. The summed E-state index contributed by atoms with van der Waals surface area (Å²) in [5.74, 6) is -0.166. The minimum Gasteiger partial charge on any atom is -0.508 e. The van der Waals surface area contributed by atoms with Crippen molar-refractivity contribution in [1.82, 2.24) is 4.57 Å². The van der Waals surface area contributed by atoms with Gasteiger partial charge >= 0.3 is 7.12 Å². The number of aromatic hydroxyl groups is 1. The second-order valence-electron chi connectivity index (χ2n) is 3.58. The Hall–Kier alpha value is -1.50. The van der Waals surface area contributed by atoms with Crippen LogP contribution in [-0.4, -0.2) is 38.6 Å². The SMILES string of the molecule is OCCn1ccc2cc(B(O)O)c(O)cc21. The van der Waals surface area contributed by atoms with Crippen molar-refractivity contribution in [3.05, 3.63) is 24.4 Å². The molecule has 0 radical (unpaired) electrons. The lowest BCUT2D eigenvalue weighted by molar-refractivity contribution is 0.278. The first-order valence-electron chi connectivity index (χ1n) is 4.92. The van der Waals surface area contributed by atoms with Gasteiger partial charge in [-0.25, -0.2) is 0 Å². The number of phenols is 1. The Morgan fingerprint density at radius 1 is 1.25 bits per heavy atom. The van der Waals surface area contributed by atoms with Gasteiger partial charge in [0, 0.05) is 24.3 Å². The molecule has 16 heavy (non-hydrogen) atoms. The van der Waals surface area contributed by atoms with E-state index in [-0.39, 0.29) is 17.8 Å². The average molecular weight is 221 g/mol. The minimum absolute atomic E-state index is 0.00885. The highest BCUT2D eigenvalue weighted by Gasteiger charge is 2.17.